The van der Waals surface area contributed by atoms with Gasteiger partial charge in [-0.1, -0.05) is 32.1 Å². The van der Waals surface area contributed by atoms with Crippen LogP contribution in [0.1, 0.15) is 57.8 Å². The Labute approximate surface area is 118 Å². The summed E-state index contributed by atoms with van der Waals surface area (Å²) in [5.74, 6) is 0. The molecule has 0 radical (unpaired) electrons. The third-order valence-corrected chi connectivity index (χ3v) is 5.21. The number of hydrogen-bond acceptors (Lipinski definition) is 3. The molecule has 0 amide bonds. The molecule has 1 unspecified atom stereocenters. The summed E-state index contributed by atoms with van der Waals surface area (Å²) in [5, 5.41) is 13.1. The Balaban J connectivity index is 2.01. The lowest BCUT2D eigenvalue weighted by atomic mass is 9.73. The van der Waals surface area contributed by atoms with Crippen LogP contribution in [-0.4, -0.2) is 49.3 Å². The second-order valence-corrected chi connectivity index (χ2v) is 6.75. The van der Waals surface area contributed by atoms with Crippen molar-refractivity contribution in [3.05, 3.63) is 0 Å². The monoisotopic (exact) mass is 268 g/mol. The normalized spacial score (nSPS) is 29.1. The van der Waals surface area contributed by atoms with Crippen molar-refractivity contribution >= 4 is 0 Å². The van der Waals surface area contributed by atoms with Gasteiger partial charge in [0.1, 0.15) is 0 Å². The summed E-state index contributed by atoms with van der Waals surface area (Å²) in [7, 11) is 2.09. The predicted molar refractivity (Wildman–Crippen MR) is 80.4 cm³/mol. The van der Waals surface area contributed by atoms with Crippen molar-refractivity contribution in [3.8, 4) is 0 Å². The fourth-order valence-corrected chi connectivity index (χ4v) is 4.15. The van der Waals surface area contributed by atoms with Gasteiger partial charge in [0.15, 0.2) is 0 Å². The third kappa shape index (κ3) is 4.17. The van der Waals surface area contributed by atoms with E-state index >= 15 is 0 Å². The van der Waals surface area contributed by atoms with Gasteiger partial charge in [-0.3, -0.25) is 4.90 Å². The highest BCUT2D eigenvalue weighted by atomic mass is 16.3. The Morgan fingerprint density at radius 1 is 1.11 bits per heavy atom. The number of likely N-dealkylation sites (tertiary alicyclic amines) is 1. The number of hydrogen-bond donors (Lipinski definition) is 2. The maximum atomic E-state index is 9.67. The molecule has 19 heavy (non-hydrogen) atoms. The fraction of sp³-hybridized carbons (Fsp3) is 1.00. The van der Waals surface area contributed by atoms with Crippen LogP contribution in [0.2, 0.25) is 0 Å². The molecule has 0 spiro atoms. The van der Waals surface area contributed by atoms with Crippen LogP contribution in [0, 0.1) is 5.41 Å². The number of rotatable bonds is 5. The molecule has 1 aliphatic heterocycles. The average molecular weight is 268 g/mol. The second-order valence-electron chi connectivity index (χ2n) is 6.75. The van der Waals surface area contributed by atoms with Crippen molar-refractivity contribution < 1.29 is 5.11 Å². The van der Waals surface area contributed by atoms with E-state index < -0.39 is 0 Å². The van der Waals surface area contributed by atoms with E-state index in [4.69, 9.17) is 0 Å². The number of aliphatic hydroxyl groups is 1. The second kappa shape index (κ2) is 7.61. The minimum Gasteiger partial charge on any atom is -0.395 e. The van der Waals surface area contributed by atoms with E-state index in [-0.39, 0.29) is 0 Å². The molecule has 1 saturated heterocycles. The van der Waals surface area contributed by atoms with Crippen molar-refractivity contribution in [1.82, 2.24) is 10.2 Å². The summed E-state index contributed by atoms with van der Waals surface area (Å²) < 4.78 is 0. The lowest BCUT2D eigenvalue weighted by molar-refractivity contribution is 0.0535. The molecular weight excluding hydrogens is 236 g/mol. The zero-order valence-corrected chi connectivity index (χ0v) is 12.7. The van der Waals surface area contributed by atoms with Crippen LogP contribution in [0.15, 0.2) is 0 Å². The number of nitrogens with zero attached hydrogens (tertiary/aromatic N) is 1. The average Bonchev–Trinajstić information content (AvgIpc) is 2.65. The SMILES string of the molecule is CNCC1(CN2CCCCCC2CO)CCCCC1. The van der Waals surface area contributed by atoms with Gasteiger partial charge in [-0.15, -0.1) is 0 Å². The molecule has 2 rings (SSSR count). The highest BCUT2D eigenvalue weighted by Gasteiger charge is 2.35. The van der Waals surface area contributed by atoms with E-state index in [1.807, 2.05) is 0 Å². The summed E-state index contributed by atoms with van der Waals surface area (Å²) in [5.41, 5.74) is 0.463. The lowest BCUT2D eigenvalue weighted by Crippen LogP contribution is -2.49. The maximum absolute atomic E-state index is 9.67. The summed E-state index contributed by atoms with van der Waals surface area (Å²) in [6.07, 6.45) is 12.0. The van der Waals surface area contributed by atoms with Crippen molar-refractivity contribution in [2.24, 2.45) is 5.41 Å². The van der Waals surface area contributed by atoms with Gasteiger partial charge in [0.05, 0.1) is 6.61 Å². The first-order chi connectivity index (χ1) is 9.29. The van der Waals surface area contributed by atoms with Crippen LogP contribution >= 0.6 is 0 Å². The van der Waals surface area contributed by atoms with Crippen molar-refractivity contribution in [2.75, 3.05) is 33.3 Å². The maximum Gasteiger partial charge on any atom is 0.0586 e. The largest absolute Gasteiger partial charge is 0.395 e. The molecule has 2 fully saturated rings. The van der Waals surface area contributed by atoms with Gasteiger partial charge >= 0.3 is 0 Å². The smallest absolute Gasteiger partial charge is 0.0586 e. The highest BCUT2D eigenvalue weighted by Crippen LogP contribution is 2.37. The molecule has 1 saturated carbocycles. The molecule has 1 heterocycles. The van der Waals surface area contributed by atoms with Crippen LogP contribution in [0.3, 0.4) is 0 Å². The summed E-state index contributed by atoms with van der Waals surface area (Å²) >= 11 is 0. The molecule has 3 heteroatoms. The van der Waals surface area contributed by atoms with E-state index in [1.54, 1.807) is 0 Å². The van der Waals surface area contributed by atoms with Gasteiger partial charge in [-0.05, 0) is 44.7 Å². The van der Waals surface area contributed by atoms with E-state index in [1.165, 1.54) is 70.9 Å². The van der Waals surface area contributed by atoms with Gasteiger partial charge in [-0.2, -0.15) is 0 Å². The summed E-state index contributed by atoms with van der Waals surface area (Å²) in [6, 6.07) is 0.415. The molecule has 0 bridgehead atoms. The molecule has 0 aromatic heterocycles. The third-order valence-electron chi connectivity index (χ3n) is 5.21. The minimum absolute atomic E-state index is 0.343. The van der Waals surface area contributed by atoms with E-state index in [2.05, 4.69) is 17.3 Å². The number of nitrogens with one attached hydrogen (secondary N) is 1. The van der Waals surface area contributed by atoms with Gasteiger partial charge in [-0.25, -0.2) is 0 Å². The zero-order chi connectivity index (χ0) is 13.6. The van der Waals surface area contributed by atoms with Crippen LogP contribution in [0.5, 0.6) is 0 Å². The van der Waals surface area contributed by atoms with Crippen LogP contribution in [0.4, 0.5) is 0 Å². The molecule has 0 aromatic carbocycles. The minimum atomic E-state index is 0.343. The molecule has 1 aliphatic carbocycles. The molecule has 112 valence electrons. The first-order valence-corrected chi connectivity index (χ1v) is 8.29. The van der Waals surface area contributed by atoms with Crippen LogP contribution in [0.25, 0.3) is 0 Å². The summed E-state index contributed by atoms with van der Waals surface area (Å²) in [6.45, 7) is 3.87. The Morgan fingerprint density at radius 3 is 2.53 bits per heavy atom. The number of aliphatic hydroxyl groups excluding tert-OH is 1. The highest BCUT2D eigenvalue weighted by molar-refractivity contribution is 4.89. The van der Waals surface area contributed by atoms with Gasteiger partial charge < -0.3 is 10.4 Å². The van der Waals surface area contributed by atoms with Gasteiger partial charge in [0, 0.05) is 19.1 Å². The molecule has 3 nitrogen and oxygen atoms in total. The Morgan fingerprint density at radius 2 is 1.84 bits per heavy atom. The molecule has 1 atom stereocenters. The van der Waals surface area contributed by atoms with Crippen molar-refractivity contribution in [2.45, 2.75) is 63.8 Å². The Bertz CT molecular complexity index is 246. The predicted octanol–water partition coefficient (Wildman–Crippen LogP) is 2.39. The molecule has 0 aromatic rings. The Hall–Kier alpha value is -0.120. The van der Waals surface area contributed by atoms with Crippen LogP contribution in [-0.2, 0) is 0 Å². The van der Waals surface area contributed by atoms with Gasteiger partial charge in [0.25, 0.3) is 0 Å². The summed E-state index contributed by atoms with van der Waals surface area (Å²) in [4.78, 5) is 2.61. The van der Waals surface area contributed by atoms with Crippen LogP contribution < -0.4 is 5.32 Å². The first kappa shape index (κ1) is 15.3. The van der Waals surface area contributed by atoms with Crippen molar-refractivity contribution in [3.63, 3.8) is 0 Å². The van der Waals surface area contributed by atoms with Crippen molar-refractivity contribution in [1.29, 1.82) is 0 Å². The first-order valence-electron chi connectivity index (χ1n) is 8.29. The Kier molecular flexibility index (Phi) is 6.11. The zero-order valence-electron chi connectivity index (χ0n) is 12.7. The molecule has 2 N–H and O–H groups in total. The fourth-order valence-electron chi connectivity index (χ4n) is 4.15. The molecule has 2 aliphatic rings. The van der Waals surface area contributed by atoms with E-state index in [0.29, 0.717) is 18.1 Å². The van der Waals surface area contributed by atoms with Gasteiger partial charge in [0.2, 0.25) is 0 Å². The quantitative estimate of drug-likeness (QED) is 0.804. The topological polar surface area (TPSA) is 35.5 Å². The van der Waals surface area contributed by atoms with E-state index in [0.717, 1.165) is 6.54 Å². The lowest BCUT2D eigenvalue weighted by Gasteiger charge is -2.43. The van der Waals surface area contributed by atoms with E-state index in [9.17, 15) is 5.11 Å². The molecular formula is C16H32N2O. The standard InChI is InChI=1S/C16H32N2O/c1-17-13-16(9-5-3-6-10-16)14-18-11-7-2-4-8-15(18)12-19/h15,17,19H,2-14H2,1H3.